The van der Waals surface area contributed by atoms with E-state index >= 15 is 0 Å². The van der Waals surface area contributed by atoms with Gasteiger partial charge in [0.25, 0.3) is 5.91 Å². The Hall–Kier alpha value is -2.32. The molecule has 1 aliphatic carbocycles. The monoisotopic (exact) mass is 416 g/mol. The van der Waals surface area contributed by atoms with Crippen molar-refractivity contribution >= 4 is 28.3 Å². The second-order valence-electron chi connectivity index (χ2n) is 7.57. The summed E-state index contributed by atoms with van der Waals surface area (Å²) in [6.07, 6.45) is 5.24. The van der Waals surface area contributed by atoms with E-state index in [9.17, 15) is 14.0 Å². The molecule has 2 amide bonds. The number of fused-ring (bicyclic) bond motifs is 1. The van der Waals surface area contributed by atoms with Crippen molar-refractivity contribution in [2.45, 2.75) is 32.1 Å². The summed E-state index contributed by atoms with van der Waals surface area (Å²) in [5.41, 5.74) is 1.63. The number of rotatable bonds is 4. The van der Waals surface area contributed by atoms with Crippen LogP contribution < -0.4 is 5.32 Å². The Kier molecular flexibility index (Phi) is 6.20. The number of halogens is 1. The molecule has 4 rings (SSSR count). The molecule has 0 saturated carbocycles. The number of amides is 2. The Morgan fingerprint density at radius 1 is 1.03 bits per heavy atom. The van der Waals surface area contributed by atoms with Crippen molar-refractivity contribution < 1.29 is 14.0 Å². The van der Waals surface area contributed by atoms with Crippen molar-refractivity contribution in [2.75, 3.05) is 38.0 Å². The second kappa shape index (κ2) is 9.00. The highest BCUT2D eigenvalue weighted by Gasteiger charge is 2.22. The molecule has 0 atom stereocenters. The lowest BCUT2D eigenvalue weighted by Gasteiger charge is -2.21. The summed E-state index contributed by atoms with van der Waals surface area (Å²) >= 11 is 1.59. The minimum Gasteiger partial charge on any atom is -0.337 e. The molecule has 0 bridgehead atoms. The van der Waals surface area contributed by atoms with Crippen molar-refractivity contribution in [3.05, 3.63) is 46.2 Å². The second-order valence-corrected chi connectivity index (χ2v) is 8.66. The molecule has 1 N–H and O–H groups in total. The summed E-state index contributed by atoms with van der Waals surface area (Å²) in [5, 5.41) is 3.64. The first-order chi connectivity index (χ1) is 14.1. The molecule has 8 heteroatoms. The number of aryl methyl sites for hydroxylation is 2. The van der Waals surface area contributed by atoms with Crippen LogP contribution in [-0.4, -0.2) is 59.3 Å². The molecule has 1 fully saturated rings. The van der Waals surface area contributed by atoms with Crippen molar-refractivity contribution in [2.24, 2.45) is 0 Å². The maximum Gasteiger partial charge on any atom is 0.253 e. The summed E-state index contributed by atoms with van der Waals surface area (Å²) in [7, 11) is 0. The largest absolute Gasteiger partial charge is 0.337 e. The van der Waals surface area contributed by atoms with Crippen LogP contribution in [-0.2, 0) is 17.6 Å². The maximum atomic E-state index is 13.1. The Morgan fingerprint density at radius 2 is 1.83 bits per heavy atom. The van der Waals surface area contributed by atoms with Gasteiger partial charge in [-0.1, -0.05) is 0 Å². The highest BCUT2D eigenvalue weighted by molar-refractivity contribution is 7.15. The van der Waals surface area contributed by atoms with Crippen molar-refractivity contribution in [3.8, 4) is 0 Å². The van der Waals surface area contributed by atoms with E-state index in [0.717, 1.165) is 31.5 Å². The zero-order valence-electron chi connectivity index (χ0n) is 16.3. The first-order valence-electron chi connectivity index (χ1n) is 10.1. The van der Waals surface area contributed by atoms with Gasteiger partial charge in [0.15, 0.2) is 5.13 Å². The average molecular weight is 417 g/mol. The maximum absolute atomic E-state index is 13.1. The quantitative estimate of drug-likeness (QED) is 0.832. The van der Waals surface area contributed by atoms with Gasteiger partial charge in [-0.2, -0.15) is 0 Å². The topological polar surface area (TPSA) is 65.5 Å². The zero-order valence-corrected chi connectivity index (χ0v) is 17.1. The van der Waals surface area contributed by atoms with Crippen LogP contribution in [0.5, 0.6) is 0 Å². The highest BCUT2D eigenvalue weighted by atomic mass is 32.1. The third-order valence-corrected chi connectivity index (χ3v) is 6.50. The predicted molar refractivity (Wildman–Crippen MR) is 111 cm³/mol. The number of thiazole rings is 1. The smallest absolute Gasteiger partial charge is 0.253 e. The fourth-order valence-corrected chi connectivity index (χ4v) is 4.94. The van der Waals surface area contributed by atoms with Crippen LogP contribution in [0.4, 0.5) is 9.52 Å². The number of hydrogen-bond donors (Lipinski definition) is 1. The number of carbonyl (C=O) groups is 2. The van der Waals surface area contributed by atoms with Crippen molar-refractivity contribution in [3.63, 3.8) is 0 Å². The average Bonchev–Trinajstić information content (AvgIpc) is 2.97. The third-order valence-electron chi connectivity index (χ3n) is 5.43. The first kappa shape index (κ1) is 20.0. The molecule has 0 spiro atoms. The standard InChI is InChI=1S/C21H25FN4O2S/c22-16-8-6-15(7-9-16)20(28)26-11-3-10-25(12-13-26)14-19(27)24-21-23-17-4-1-2-5-18(17)29-21/h6-9H,1-5,10-14H2,(H,23,24,27). The SMILES string of the molecule is O=C(CN1CCCN(C(=O)c2ccc(F)cc2)CC1)Nc1nc2c(s1)CCCC2. The van der Waals surface area contributed by atoms with Crippen LogP contribution in [0.1, 0.15) is 40.2 Å². The first-order valence-corrected chi connectivity index (χ1v) is 11.0. The van der Waals surface area contributed by atoms with Crippen LogP contribution in [0, 0.1) is 5.82 Å². The number of carbonyl (C=O) groups excluding carboxylic acids is 2. The van der Waals surface area contributed by atoms with E-state index in [-0.39, 0.29) is 17.6 Å². The predicted octanol–water partition coefficient (Wildman–Crippen LogP) is 2.95. The molecule has 6 nitrogen and oxygen atoms in total. The zero-order chi connectivity index (χ0) is 20.2. The van der Waals surface area contributed by atoms with Gasteiger partial charge in [-0.25, -0.2) is 9.37 Å². The lowest BCUT2D eigenvalue weighted by molar-refractivity contribution is -0.117. The Balaban J connectivity index is 1.29. The molecule has 1 aromatic heterocycles. The molecule has 2 aromatic rings. The summed E-state index contributed by atoms with van der Waals surface area (Å²) < 4.78 is 13.1. The molecule has 154 valence electrons. The third kappa shape index (κ3) is 5.00. The van der Waals surface area contributed by atoms with E-state index in [1.54, 1.807) is 16.2 Å². The molecular weight excluding hydrogens is 391 g/mol. The molecule has 1 aliphatic heterocycles. The lowest BCUT2D eigenvalue weighted by atomic mass is 10.0. The van der Waals surface area contributed by atoms with Crippen LogP contribution in [0.2, 0.25) is 0 Å². The Bertz CT molecular complexity index is 860. The molecule has 1 saturated heterocycles. The molecule has 2 heterocycles. The molecule has 0 unspecified atom stereocenters. The van der Waals surface area contributed by atoms with E-state index < -0.39 is 0 Å². The fourth-order valence-electron chi connectivity index (χ4n) is 3.87. The van der Waals surface area contributed by atoms with Gasteiger partial charge < -0.3 is 10.2 Å². The lowest BCUT2D eigenvalue weighted by Crippen LogP contribution is -2.38. The number of nitrogens with zero attached hydrogens (tertiary/aromatic N) is 3. The number of aromatic nitrogens is 1. The highest BCUT2D eigenvalue weighted by Crippen LogP contribution is 2.29. The van der Waals surface area contributed by atoms with Crippen LogP contribution in [0.15, 0.2) is 24.3 Å². The van der Waals surface area contributed by atoms with Crippen LogP contribution in [0.25, 0.3) is 0 Å². The van der Waals surface area contributed by atoms with E-state index in [1.807, 2.05) is 0 Å². The van der Waals surface area contributed by atoms with Crippen LogP contribution in [0.3, 0.4) is 0 Å². The van der Waals surface area contributed by atoms with Crippen LogP contribution >= 0.6 is 11.3 Å². The Labute approximate surface area is 173 Å². The normalized spacial score (nSPS) is 17.5. The molecule has 2 aliphatic rings. The van der Waals surface area contributed by atoms with E-state index in [0.29, 0.717) is 36.9 Å². The van der Waals surface area contributed by atoms with Gasteiger partial charge >= 0.3 is 0 Å². The number of hydrogen-bond acceptors (Lipinski definition) is 5. The summed E-state index contributed by atoms with van der Waals surface area (Å²) in [4.78, 5) is 34.8. The minimum atomic E-state index is -0.351. The van der Waals surface area contributed by atoms with Crippen molar-refractivity contribution in [1.29, 1.82) is 0 Å². The van der Waals surface area contributed by atoms with Gasteiger partial charge in [-0.3, -0.25) is 14.5 Å². The summed E-state index contributed by atoms with van der Waals surface area (Å²) in [6, 6.07) is 5.64. The summed E-state index contributed by atoms with van der Waals surface area (Å²) in [5.74, 6) is -0.505. The molecular formula is C21H25FN4O2S. The van der Waals surface area contributed by atoms with Gasteiger partial charge in [0.1, 0.15) is 5.82 Å². The van der Waals surface area contributed by atoms with Gasteiger partial charge in [0.2, 0.25) is 5.91 Å². The minimum absolute atomic E-state index is 0.0607. The number of anilines is 1. The van der Waals surface area contributed by atoms with E-state index in [4.69, 9.17) is 0 Å². The van der Waals surface area contributed by atoms with Crippen molar-refractivity contribution in [1.82, 2.24) is 14.8 Å². The van der Waals surface area contributed by atoms with Gasteiger partial charge in [-0.15, -0.1) is 11.3 Å². The van der Waals surface area contributed by atoms with E-state index in [1.165, 1.54) is 42.0 Å². The van der Waals surface area contributed by atoms with Gasteiger partial charge in [-0.05, 0) is 56.4 Å². The Morgan fingerprint density at radius 3 is 2.62 bits per heavy atom. The fraction of sp³-hybridized carbons (Fsp3) is 0.476. The van der Waals surface area contributed by atoms with E-state index in [2.05, 4.69) is 15.2 Å². The summed E-state index contributed by atoms with van der Waals surface area (Å²) in [6.45, 7) is 2.87. The number of nitrogens with one attached hydrogen (secondary N) is 1. The molecule has 29 heavy (non-hydrogen) atoms. The van der Waals surface area contributed by atoms with Gasteiger partial charge in [0, 0.05) is 36.6 Å². The molecule has 0 radical (unpaired) electrons. The van der Waals surface area contributed by atoms with Gasteiger partial charge in [0.05, 0.1) is 12.2 Å². The number of benzene rings is 1. The molecule has 1 aromatic carbocycles.